The first-order chi connectivity index (χ1) is 17.3. The maximum atomic E-state index is 13.0. The van der Waals surface area contributed by atoms with E-state index in [1.54, 1.807) is 26.0 Å². The van der Waals surface area contributed by atoms with Crippen molar-refractivity contribution in [3.63, 3.8) is 0 Å². The van der Waals surface area contributed by atoms with Crippen molar-refractivity contribution in [1.29, 1.82) is 5.26 Å². The molecule has 2 amide bonds. The van der Waals surface area contributed by atoms with Crippen molar-refractivity contribution in [2.45, 2.75) is 37.4 Å². The number of rotatable bonds is 4. The van der Waals surface area contributed by atoms with Gasteiger partial charge in [-0.3, -0.25) is 19.5 Å². The van der Waals surface area contributed by atoms with E-state index in [1.807, 2.05) is 17.0 Å². The molecule has 0 aliphatic carbocycles. The topological polar surface area (TPSA) is 140 Å². The molecule has 1 aromatic rings. The minimum Gasteiger partial charge on any atom is -0.475 e. The second-order valence-electron chi connectivity index (χ2n) is 8.52. The lowest BCUT2D eigenvalue weighted by Gasteiger charge is -2.37. The number of ether oxygens (including phenoxy) is 1. The molecule has 0 spiro atoms. The SMILES string of the molecule is CCN1C(=O)[C@H]2[C@H]3CN=C(SCc4ccc(C#N)cc4)N3[C@@](C)(C(=O)OC)[C@H]2C1=O.O=C(O)C(F)(F)F. The highest BCUT2D eigenvalue weighted by atomic mass is 32.2. The molecular weight excluding hydrogens is 517 g/mol. The third-order valence-electron chi connectivity index (χ3n) is 6.52. The fourth-order valence-corrected chi connectivity index (χ4v) is 5.97. The molecule has 1 aromatic carbocycles. The van der Waals surface area contributed by atoms with E-state index in [4.69, 9.17) is 19.9 Å². The van der Waals surface area contributed by atoms with Crippen LogP contribution in [0.1, 0.15) is 25.0 Å². The summed E-state index contributed by atoms with van der Waals surface area (Å²) >= 11 is 1.45. The lowest BCUT2D eigenvalue weighted by molar-refractivity contribution is -0.192. The quantitative estimate of drug-likeness (QED) is 0.449. The van der Waals surface area contributed by atoms with Crippen LogP contribution in [0.2, 0.25) is 0 Å². The molecule has 4 rings (SSSR count). The fraction of sp³-hybridized carbons (Fsp3) is 0.478. The summed E-state index contributed by atoms with van der Waals surface area (Å²) in [6.07, 6.45) is -5.08. The number of thioether (sulfide) groups is 1. The molecule has 0 aromatic heterocycles. The Morgan fingerprint density at radius 3 is 2.35 bits per heavy atom. The first-order valence-electron chi connectivity index (χ1n) is 11.0. The number of alkyl halides is 3. The van der Waals surface area contributed by atoms with E-state index in [9.17, 15) is 27.6 Å². The number of carbonyl (C=O) groups is 4. The fourth-order valence-electron chi connectivity index (χ4n) is 4.85. The summed E-state index contributed by atoms with van der Waals surface area (Å²) in [5.74, 6) is -4.62. The first kappa shape index (κ1) is 28.0. The minimum atomic E-state index is -5.08. The van der Waals surface area contributed by atoms with Gasteiger partial charge in [-0.05, 0) is 31.5 Å². The summed E-state index contributed by atoms with van der Waals surface area (Å²) in [5, 5.41) is 16.7. The van der Waals surface area contributed by atoms with Crippen molar-refractivity contribution in [2.75, 3.05) is 20.2 Å². The number of hydrogen-bond acceptors (Lipinski definition) is 9. The van der Waals surface area contributed by atoms with E-state index in [2.05, 4.69) is 11.1 Å². The summed E-state index contributed by atoms with van der Waals surface area (Å²) in [5.41, 5.74) is 0.312. The van der Waals surface area contributed by atoms with Crippen LogP contribution in [-0.4, -0.2) is 81.8 Å². The van der Waals surface area contributed by atoms with Crippen LogP contribution in [0.25, 0.3) is 0 Å². The Bertz CT molecular complexity index is 1180. The number of carbonyl (C=O) groups excluding carboxylic acids is 3. The van der Waals surface area contributed by atoms with Gasteiger partial charge in [0, 0.05) is 12.3 Å². The Kier molecular flexibility index (Phi) is 7.87. The van der Waals surface area contributed by atoms with Gasteiger partial charge in [0.2, 0.25) is 11.8 Å². The van der Waals surface area contributed by atoms with Crippen molar-refractivity contribution in [3.8, 4) is 6.07 Å². The van der Waals surface area contributed by atoms with Gasteiger partial charge in [0.1, 0.15) is 5.54 Å². The highest BCUT2D eigenvalue weighted by Crippen LogP contribution is 2.52. The second-order valence-corrected chi connectivity index (χ2v) is 9.47. The highest BCUT2D eigenvalue weighted by molar-refractivity contribution is 8.13. The molecule has 198 valence electrons. The monoisotopic (exact) mass is 540 g/mol. The van der Waals surface area contributed by atoms with E-state index >= 15 is 0 Å². The molecule has 14 heteroatoms. The molecule has 0 bridgehead atoms. The lowest BCUT2D eigenvalue weighted by atomic mass is 9.81. The largest absolute Gasteiger partial charge is 0.490 e. The normalized spacial score (nSPS) is 26.1. The number of methoxy groups -OCH3 is 1. The number of aliphatic carboxylic acids is 1. The Balaban J connectivity index is 0.000000479. The maximum absolute atomic E-state index is 13.0. The van der Waals surface area contributed by atoms with Gasteiger partial charge in [-0.2, -0.15) is 18.4 Å². The molecule has 2 fully saturated rings. The van der Waals surface area contributed by atoms with Crippen LogP contribution in [0, 0.1) is 23.2 Å². The number of amidine groups is 1. The smallest absolute Gasteiger partial charge is 0.475 e. The van der Waals surface area contributed by atoms with Gasteiger partial charge in [-0.25, -0.2) is 9.59 Å². The molecule has 0 radical (unpaired) electrons. The van der Waals surface area contributed by atoms with Crippen molar-refractivity contribution < 1.29 is 42.2 Å². The number of nitriles is 1. The van der Waals surface area contributed by atoms with Crippen LogP contribution >= 0.6 is 11.8 Å². The Labute approximate surface area is 214 Å². The minimum absolute atomic E-state index is 0.233. The third-order valence-corrected chi connectivity index (χ3v) is 7.58. The summed E-state index contributed by atoms with van der Waals surface area (Å²) < 4.78 is 36.8. The number of carboxylic acids is 1. The molecule has 37 heavy (non-hydrogen) atoms. The Morgan fingerprint density at radius 2 is 1.86 bits per heavy atom. The molecular formula is C23H23F3N4O6S. The van der Waals surface area contributed by atoms with Crippen LogP contribution in [0.3, 0.4) is 0 Å². The average molecular weight is 541 g/mol. The van der Waals surface area contributed by atoms with Crippen LogP contribution in [-0.2, 0) is 29.7 Å². The zero-order valence-corrected chi connectivity index (χ0v) is 20.8. The number of nitrogens with zero attached hydrogens (tertiary/aromatic N) is 4. The summed E-state index contributed by atoms with van der Waals surface area (Å²) in [7, 11) is 1.30. The van der Waals surface area contributed by atoms with Crippen molar-refractivity contribution >= 4 is 40.7 Å². The molecule has 3 heterocycles. The predicted molar refractivity (Wildman–Crippen MR) is 124 cm³/mol. The van der Waals surface area contributed by atoms with E-state index in [-0.39, 0.29) is 24.4 Å². The number of aliphatic imine (C=N–C) groups is 1. The number of halogens is 3. The Hall–Kier alpha value is -3.60. The average Bonchev–Trinajstić information content (AvgIpc) is 3.47. The summed E-state index contributed by atoms with van der Waals surface area (Å²) in [6.45, 7) is 4.09. The number of carboxylic acid groups (broad SMARTS) is 1. The summed E-state index contributed by atoms with van der Waals surface area (Å²) in [4.78, 5) is 55.5. The van der Waals surface area contributed by atoms with E-state index in [1.165, 1.54) is 23.8 Å². The number of imide groups is 1. The van der Waals surface area contributed by atoms with Gasteiger partial charge < -0.3 is 14.7 Å². The van der Waals surface area contributed by atoms with Crippen LogP contribution in [0.15, 0.2) is 29.3 Å². The van der Waals surface area contributed by atoms with E-state index in [0.717, 1.165) is 5.56 Å². The van der Waals surface area contributed by atoms with Gasteiger partial charge in [-0.1, -0.05) is 23.9 Å². The summed E-state index contributed by atoms with van der Waals surface area (Å²) in [6, 6.07) is 9.02. The number of benzene rings is 1. The predicted octanol–water partition coefficient (Wildman–Crippen LogP) is 2.03. The zero-order chi connectivity index (χ0) is 27.7. The Morgan fingerprint density at radius 1 is 1.27 bits per heavy atom. The number of fused-ring (bicyclic) bond motifs is 3. The van der Waals surface area contributed by atoms with Crippen LogP contribution < -0.4 is 0 Å². The lowest BCUT2D eigenvalue weighted by Crippen LogP contribution is -2.57. The highest BCUT2D eigenvalue weighted by Gasteiger charge is 2.71. The van der Waals surface area contributed by atoms with Gasteiger partial charge in [-0.15, -0.1) is 0 Å². The molecule has 10 nitrogen and oxygen atoms in total. The second kappa shape index (κ2) is 10.4. The number of likely N-dealkylation sites (tertiary alicyclic amines) is 1. The van der Waals surface area contributed by atoms with Gasteiger partial charge >= 0.3 is 18.1 Å². The van der Waals surface area contributed by atoms with Gasteiger partial charge in [0.05, 0.1) is 43.2 Å². The number of amides is 2. The molecule has 4 atom stereocenters. The van der Waals surface area contributed by atoms with Crippen molar-refractivity contribution in [3.05, 3.63) is 35.4 Å². The van der Waals surface area contributed by atoms with Crippen molar-refractivity contribution in [2.24, 2.45) is 16.8 Å². The van der Waals surface area contributed by atoms with Crippen molar-refractivity contribution in [1.82, 2.24) is 9.80 Å². The third kappa shape index (κ3) is 4.87. The zero-order valence-electron chi connectivity index (χ0n) is 20.0. The number of hydrogen-bond donors (Lipinski definition) is 1. The molecule has 2 saturated heterocycles. The first-order valence-corrected chi connectivity index (χ1v) is 12.0. The molecule has 3 aliphatic heterocycles. The maximum Gasteiger partial charge on any atom is 0.490 e. The van der Waals surface area contributed by atoms with E-state index < -0.39 is 35.5 Å². The molecule has 0 saturated carbocycles. The van der Waals surface area contributed by atoms with Gasteiger partial charge in [0.15, 0.2) is 5.17 Å². The standard InChI is InChI=1S/C21H22N4O4S.C2HF3O2/c1-4-24-17(26)15-14-10-23-20(30-11-13-7-5-12(9-22)6-8-13)25(14)21(2,19(28)29-3)16(15)18(24)27;3-2(4,5)1(6)7/h5-8,14-16H,4,10-11H2,1-3H3;(H,6,7)/t14-,15+,16-,21-;/m1./s1. The van der Waals surface area contributed by atoms with Crippen LogP contribution in [0.5, 0.6) is 0 Å². The van der Waals surface area contributed by atoms with E-state index in [0.29, 0.717) is 23.0 Å². The van der Waals surface area contributed by atoms with Crippen LogP contribution in [0.4, 0.5) is 13.2 Å². The number of esters is 1. The van der Waals surface area contributed by atoms with Gasteiger partial charge in [0.25, 0.3) is 0 Å². The molecule has 1 N–H and O–H groups in total. The molecule has 3 aliphatic rings. The molecule has 0 unspecified atom stereocenters.